The second-order valence-corrected chi connectivity index (χ2v) is 7.34. The van der Waals surface area contributed by atoms with E-state index in [1.165, 1.54) is 5.56 Å². The third kappa shape index (κ3) is 5.06. The Labute approximate surface area is 182 Å². The number of amidine groups is 1. The maximum Gasteiger partial charge on any atom is 0.165 e. The lowest BCUT2D eigenvalue weighted by Gasteiger charge is -2.19. The second kappa shape index (κ2) is 9.38. The van der Waals surface area contributed by atoms with Crippen LogP contribution in [0.2, 0.25) is 0 Å². The van der Waals surface area contributed by atoms with Crippen LogP contribution in [0.25, 0.3) is 11.8 Å². The smallest absolute Gasteiger partial charge is 0.165 e. The molecule has 4 rings (SSSR count). The van der Waals surface area contributed by atoms with E-state index in [1.54, 1.807) is 13.4 Å². The summed E-state index contributed by atoms with van der Waals surface area (Å²) in [6.45, 7) is 5.78. The van der Waals surface area contributed by atoms with Crippen molar-refractivity contribution in [3.8, 4) is 11.4 Å². The predicted octanol–water partition coefficient (Wildman–Crippen LogP) is 3.93. The van der Waals surface area contributed by atoms with Crippen molar-refractivity contribution in [2.45, 2.75) is 13.8 Å². The first-order valence-corrected chi connectivity index (χ1v) is 10.2. The number of ether oxygens (including phenoxy) is 2. The van der Waals surface area contributed by atoms with Crippen LogP contribution in [0.4, 0.5) is 5.69 Å². The average Bonchev–Trinajstić information content (AvgIpc) is 3.22. The summed E-state index contributed by atoms with van der Waals surface area (Å²) in [6.07, 6.45) is 5.73. The quantitative estimate of drug-likeness (QED) is 0.595. The molecule has 1 aliphatic rings. The maximum atomic E-state index is 5.89. The molecule has 0 saturated carbocycles. The Morgan fingerprint density at radius 3 is 2.71 bits per heavy atom. The van der Waals surface area contributed by atoms with Crippen LogP contribution in [0.5, 0.6) is 5.75 Å². The highest BCUT2D eigenvalue weighted by Gasteiger charge is 2.14. The van der Waals surface area contributed by atoms with Crippen LogP contribution in [0, 0.1) is 13.8 Å². The van der Waals surface area contributed by atoms with Gasteiger partial charge in [0.15, 0.2) is 11.6 Å². The fourth-order valence-electron chi connectivity index (χ4n) is 3.32. The van der Waals surface area contributed by atoms with Crippen LogP contribution in [0.3, 0.4) is 0 Å². The Kier molecular flexibility index (Phi) is 6.21. The molecule has 0 spiro atoms. The molecule has 0 atom stereocenters. The van der Waals surface area contributed by atoms with Crippen molar-refractivity contribution < 1.29 is 9.47 Å². The van der Waals surface area contributed by atoms with Gasteiger partial charge in [0.05, 0.1) is 38.0 Å². The van der Waals surface area contributed by atoms with E-state index in [2.05, 4.69) is 51.8 Å². The van der Waals surface area contributed by atoms with Gasteiger partial charge in [-0.1, -0.05) is 23.8 Å². The van der Waals surface area contributed by atoms with Gasteiger partial charge in [0.2, 0.25) is 0 Å². The molecule has 0 unspecified atom stereocenters. The van der Waals surface area contributed by atoms with Gasteiger partial charge < -0.3 is 24.7 Å². The molecule has 7 nitrogen and oxygen atoms in total. The molecule has 160 valence electrons. The lowest BCUT2D eigenvalue weighted by atomic mass is 10.1. The SMILES string of the molecule is COc1cc(/C=C2\OCCN=C2NCNc2ccc(C)cc2)ccc1-n1cnc(C)c1. The zero-order chi connectivity index (χ0) is 21.6. The molecular formula is C24H27N5O2. The molecule has 0 bridgehead atoms. The van der Waals surface area contributed by atoms with Crippen LogP contribution in [-0.2, 0) is 4.74 Å². The normalized spacial score (nSPS) is 14.7. The summed E-state index contributed by atoms with van der Waals surface area (Å²) in [7, 11) is 1.67. The van der Waals surface area contributed by atoms with Crippen LogP contribution >= 0.6 is 0 Å². The molecule has 1 aliphatic heterocycles. The Balaban J connectivity index is 1.48. The molecule has 2 N–H and O–H groups in total. The van der Waals surface area contributed by atoms with E-state index in [-0.39, 0.29) is 0 Å². The number of aryl methyl sites for hydroxylation is 2. The van der Waals surface area contributed by atoms with E-state index in [0.717, 1.165) is 34.2 Å². The number of aromatic nitrogens is 2. The minimum atomic E-state index is 0.546. The van der Waals surface area contributed by atoms with Gasteiger partial charge in [0, 0.05) is 11.9 Å². The number of hydrogen-bond acceptors (Lipinski definition) is 6. The molecule has 2 aromatic carbocycles. The number of aliphatic imine (C=N–C) groups is 1. The molecule has 1 aromatic heterocycles. The van der Waals surface area contributed by atoms with Crippen LogP contribution in [0.15, 0.2) is 65.7 Å². The Morgan fingerprint density at radius 1 is 1.13 bits per heavy atom. The highest BCUT2D eigenvalue weighted by Crippen LogP contribution is 2.26. The average molecular weight is 418 g/mol. The summed E-state index contributed by atoms with van der Waals surface area (Å²) in [4.78, 5) is 8.89. The van der Waals surface area contributed by atoms with Crippen molar-refractivity contribution in [1.82, 2.24) is 14.9 Å². The lowest BCUT2D eigenvalue weighted by molar-refractivity contribution is 0.232. The monoisotopic (exact) mass is 417 g/mol. The molecule has 0 amide bonds. The van der Waals surface area contributed by atoms with Gasteiger partial charge in [0.25, 0.3) is 0 Å². The van der Waals surface area contributed by atoms with Crippen LogP contribution in [0.1, 0.15) is 16.8 Å². The number of nitrogens with one attached hydrogen (secondary N) is 2. The number of rotatable bonds is 6. The third-order valence-corrected chi connectivity index (χ3v) is 4.94. The highest BCUT2D eigenvalue weighted by molar-refractivity contribution is 6.00. The Bertz CT molecular complexity index is 1100. The number of anilines is 1. The molecule has 0 fully saturated rings. The van der Waals surface area contributed by atoms with E-state index >= 15 is 0 Å². The molecule has 0 saturated heterocycles. The Hall–Kier alpha value is -3.74. The fourth-order valence-corrected chi connectivity index (χ4v) is 3.32. The summed E-state index contributed by atoms with van der Waals surface area (Å²) in [5.41, 5.74) is 5.14. The fraction of sp³-hybridized carbons (Fsp3) is 0.250. The van der Waals surface area contributed by atoms with Crippen molar-refractivity contribution in [2.75, 3.05) is 32.2 Å². The van der Waals surface area contributed by atoms with Gasteiger partial charge in [0.1, 0.15) is 12.4 Å². The highest BCUT2D eigenvalue weighted by atomic mass is 16.5. The zero-order valence-corrected chi connectivity index (χ0v) is 18.1. The zero-order valence-electron chi connectivity index (χ0n) is 18.1. The van der Waals surface area contributed by atoms with Gasteiger partial charge >= 0.3 is 0 Å². The number of imidazole rings is 1. The molecule has 3 aromatic rings. The molecule has 31 heavy (non-hydrogen) atoms. The van der Waals surface area contributed by atoms with Gasteiger partial charge in [-0.2, -0.15) is 0 Å². The van der Waals surface area contributed by atoms with E-state index in [9.17, 15) is 0 Å². The summed E-state index contributed by atoms with van der Waals surface area (Å²) in [5, 5.41) is 6.67. The number of methoxy groups -OCH3 is 1. The molecular weight excluding hydrogens is 390 g/mol. The van der Waals surface area contributed by atoms with Crippen molar-refractivity contribution in [1.29, 1.82) is 0 Å². The van der Waals surface area contributed by atoms with Crippen molar-refractivity contribution in [2.24, 2.45) is 4.99 Å². The van der Waals surface area contributed by atoms with Crippen LogP contribution in [-0.4, -0.2) is 42.3 Å². The molecule has 0 radical (unpaired) electrons. The topological polar surface area (TPSA) is 72.7 Å². The largest absolute Gasteiger partial charge is 0.495 e. The molecule has 0 aliphatic carbocycles. The first kappa shape index (κ1) is 20.5. The standard InChI is InChI=1S/C24H27N5O2/c1-17-4-7-20(8-5-17)26-15-27-24-23(31-11-10-25-24)13-19-6-9-21(22(12-19)30-3)29-14-18(2)28-16-29/h4-9,12-14,16,26H,10-11,15H2,1-3H3,(H,25,27)/b23-13-. The summed E-state index contributed by atoms with van der Waals surface area (Å²) >= 11 is 0. The van der Waals surface area contributed by atoms with Gasteiger partial charge in [-0.15, -0.1) is 0 Å². The van der Waals surface area contributed by atoms with E-state index in [1.807, 2.05) is 42.0 Å². The van der Waals surface area contributed by atoms with E-state index in [0.29, 0.717) is 25.6 Å². The summed E-state index contributed by atoms with van der Waals surface area (Å²) in [6, 6.07) is 14.3. The van der Waals surface area contributed by atoms with Crippen molar-refractivity contribution in [3.05, 3.63) is 77.6 Å². The number of hydrogen-bond donors (Lipinski definition) is 2. The number of benzene rings is 2. The Morgan fingerprint density at radius 2 is 1.97 bits per heavy atom. The van der Waals surface area contributed by atoms with Gasteiger partial charge in [-0.25, -0.2) is 4.98 Å². The maximum absolute atomic E-state index is 5.89. The van der Waals surface area contributed by atoms with Gasteiger partial charge in [-0.3, -0.25) is 4.99 Å². The predicted molar refractivity (Wildman–Crippen MR) is 124 cm³/mol. The van der Waals surface area contributed by atoms with E-state index < -0.39 is 0 Å². The second-order valence-electron chi connectivity index (χ2n) is 7.34. The van der Waals surface area contributed by atoms with Gasteiger partial charge in [-0.05, 0) is 49.8 Å². The minimum Gasteiger partial charge on any atom is -0.495 e. The summed E-state index contributed by atoms with van der Waals surface area (Å²) < 4.78 is 13.5. The van der Waals surface area contributed by atoms with E-state index in [4.69, 9.17) is 9.47 Å². The molecule has 2 heterocycles. The summed E-state index contributed by atoms with van der Waals surface area (Å²) in [5.74, 6) is 2.21. The minimum absolute atomic E-state index is 0.546. The third-order valence-electron chi connectivity index (χ3n) is 4.94. The van der Waals surface area contributed by atoms with Crippen LogP contribution < -0.4 is 15.4 Å². The van der Waals surface area contributed by atoms with Crippen molar-refractivity contribution >= 4 is 17.6 Å². The first-order valence-electron chi connectivity index (χ1n) is 10.2. The lowest BCUT2D eigenvalue weighted by Crippen LogP contribution is -2.34. The first-order chi connectivity index (χ1) is 15.1. The molecule has 7 heteroatoms. The number of nitrogens with zero attached hydrogens (tertiary/aromatic N) is 3. The van der Waals surface area contributed by atoms with Crippen molar-refractivity contribution in [3.63, 3.8) is 0 Å².